The third-order valence-corrected chi connectivity index (χ3v) is 4.72. The molecule has 2 aromatic carbocycles. The average Bonchev–Trinajstić information content (AvgIpc) is 2.59. The zero-order chi connectivity index (χ0) is 14.8. The molecule has 2 N–H and O–H groups in total. The third-order valence-electron chi connectivity index (χ3n) is 3.26. The number of benzene rings is 2. The molecule has 2 aromatic rings. The van der Waals surface area contributed by atoms with E-state index in [4.69, 9.17) is 0 Å². The summed E-state index contributed by atoms with van der Waals surface area (Å²) in [5, 5.41) is 10.4. The highest BCUT2D eigenvalue weighted by Gasteiger charge is 2.11. The summed E-state index contributed by atoms with van der Waals surface area (Å²) in [6.45, 7) is 0. The van der Waals surface area contributed by atoms with Crippen molar-refractivity contribution in [1.82, 2.24) is 0 Å². The van der Waals surface area contributed by atoms with Gasteiger partial charge in [-0.25, -0.2) is 0 Å². The summed E-state index contributed by atoms with van der Waals surface area (Å²) in [6.07, 6.45) is 4.07. The molecule has 0 aromatic heterocycles. The van der Waals surface area contributed by atoms with E-state index in [-0.39, 0.29) is 0 Å². The van der Waals surface area contributed by atoms with Crippen molar-refractivity contribution in [3.63, 3.8) is 0 Å². The number of anilines is 2. The summed E-state index contributed by atoms with van der Waals surface area (Å²) < 4.78 is 6.54. The second-order valence-corrected chi connectivity index (χ2v) is 6.40. The third kappa shape index (κ3) is 2.75. The molecule has 0 aliphatic carbocycles. The van der Waals surface area contributed by atoms with Crippen molar-refractivity contribution in [3.8, 4) is 0 Å². The maximum atomic E-state index is 4.34. The molecule has 22 heavy (non-hydrogen) atoms. The fraction of sp³-hybridized carbons (Fsp3) is 0. The monoisotopic (exact) mass is 324 g/mol. The molecule has 108 valence electrons. The lowest BCUT2D eigenvalue weighted by Gasteiger charge is -2.15. The first kappa shape index (κ1) is 13.5. The van der Waals surface area contributed by atoms with Crippen molar-refractivity contribution >= 4 is 47.4 Å². The lowest BCUT2D eigenvalue weighted by Crippen LogP contribution is -1.96. The van der Waals surface area contributed by atoms with E-state index >= 15 is 0 Å². The number of nitrogens with zero attached hydrogens (tertiary/aromatic N) is 2. The van der Waals surface area contributed by atoms with Crippen LogP contribution in [0.25, 0.3) is 12.2 Å². The Kier molecular flexibility index (Phi) is 3.62. The Bertz CT molecular complexity index is 744. The van der Waals surface area contributed by atoms with Gasteiger partial charge in [-0.1, -0.05) is 36.4 Å². The van der Waals surface area contributed by atoms with Gasteiger partial charge in [-0.05, 0) is 24.3 Å². The number of hydrogen-bond acceptors (Lipinski definition) is 6. The fourth-order valence-electron chi connectivity index (χ4n) is 2.17. The van der Waals surface area contributed by atoms with Crippen LogP contribution in [0.2, 0.25) is 0 Å². The number of hydrogen-bond donors (Lipinski definition) is 2. The van der Waals surface area contributed by atoms with Crippen molar-refractivity contribution in [3.05, 3.63) is 69.7 Å². The van der Waals surface area contributed by atoms with Crippen LogP contribution in [0.15, 0.2) is 68.8 Å². The molecule has 2 aliphatic heterocycles. The SMILES string of the molecule is C1=C(N=NC2=Cc3ccccc3NS2)SNc2ccccc21. The number of para-hydroxylation sites is 2. The fourth-order valence-corrected chi connectivity index (χ4v) is 3.50. The first-order valence-electron chi connectivity index (χ1n) is 6.77. The highest BCUT2D eigenvalue weighted by atomic mass is 32.2. The summed E-state index contributed by atoms with van der Waals surface area (Å²) in [5.41, 5.74) is 4.47. The van der Waals surface area contributed by atoms with Crippen molar-refractivity contribution in [2.45, 2.75) is 0 Å². The molecule has 0 spiro atoms. The molecule has 0 bridgehead atoms. The molecule has 0 amide bonds. The maximum absolute atomic E-state index is 4.34. The predicted octanol–water partition coefficient (Wildman–Crippen LogP) is 5.58. The summed E-state index contributed by atoms with van der Waals surface area (Å²) in [7, 11) is 0. The lowest BCUT2D eigenvalue weighted by molar-refractivity contribution is 1.20. The Balaban J connectivity index is 1.57. The molecule has 0 radical (unpaired) electrons. The second-order valence-electron chi connectivity index (χ2n) is 4.75. The Hall–Kier alpha value is -2.18. The van der Waals surface area contributed by atoms with Gasteiger partial charge in [0.2, 0.25) is 0 Å². The van der Waals surface area contributed by atoms with E-state index in [9.17, 15) is 0 Å². The van der Waals surface area contributed by atoms with Gasteiger partial charge in [-0.2, -0.15) is 0 Å². The highest BCUT2D eigenvalue weighted by molar-refractivity contribution is 8.04. The van der Waals surface area contributed by atoms with E-state index < -0.39 is 0 Å². The minimum atomic E-state index is 0.846. The van der Waals surface area contributed by atoms with Crippen LogP contribution in [0.3, 0.4) is 0 Å². The Morgan fingerprint density at radius 1 is 0.636 bits per heavy atom. The number of rotatable bonds is 2. The standard InChI is InChI=1S/C16H12N4S2/c1-3-7-13-11(5-1)9-15(21-19-13)17-18-16-10-12-6-2-4-8-14(12)20-22-16/h1-10,19-20H. The molecular formula is C16H12N4S2. The van der Waals surface area contributed by atoms with Crippen LogP contribution < -0.4 is 9.44 Å². The van der Waals surface area contributed by atoms with Gasteiger partial charge in [0.1, 0.15) is 10.1 Å². The van der Waals surface area contributed by atoms with E-state index in [0.717, 1.165) is 32.6 Å². The Morgan fingerprint density at radius 2 is 1.09 bits per heavy atom. The van der Waals surface area contributed by atoms with Gasteiger partial charge < -0.3 is 9.44 Å². The predicted molar refractivity (Wildman–Crippen MR) is 96.1 cm³/mol. The normalized spacial score (nSPS) is 16.0. The minimum absolute atomic E-state index is 0.846. The van der Waals surface area contributed by atoms with E-state index in [1.807, 2.05) is 48.6 Å². The molecule has 0 saturated heterocycles. The Labute approximate surface area is 137 Å². The zero-order valence-electron chi connectivity index (χ0n) is 11.5. The number of fused-ring (bicyclic) bond motifs is 2. The first-order chi connectivity index (χ1) is 10.9. The molecule has 6 heteroatoms. The van der Waals surface area contributed by atoms with E-state index in [1.54, 1.807) is 0 Å². The van der Waals surface area contributed by atoms with Crippen molar-refractivity contribution in [1.29, 1.82) is 0 Å². The van der Waals surface area contributed by atoms with E-state index in [0.29, 0.717) is 0 Å². The van der Waals surface area contributed by atoms with Crippen LogP contribution in [0, 0.1) is 0 Å². The van der Waals surface area contributed by atoms with Crippen LogP contribution >= 0.6 is 23.9 Å². The minimum Gasteiger partial charge on any atom is -0.324 e. The molecule has 2 aliphatic rings. The zero-order valence-corrected chi connectivity index (χ0v) is 13.1. The number of nitrogens with one attached hydrogen (secondary N) is 2. The van der Waals surface area contributed by atoms with Gasteiger partial charge in [0.05, 0.1) is 11.4 Å². The van der Waals surface area contributed by atoms with E-state index in [1.165, 1.54) is 23.9 Å². The molecular weight excluding hydrogens is 312 g/mol. The summed E-state index contributed by atoms with van der Waals surface area (Å²) in [6, 6.07) is 16.3. The van der Waals surface area contributed by atoms with Crippen LogP contribution in [0.5, 0.6) is 0 Å². The molecule has 0 unspecified atom stereocenters. The first-order valence-corrected chi connectivity index (χ1v) is 8.41. The van der Waals surface area contributed by atoms with Gasteiger partial charge in [0.25, 0.3) is 0 Å². The van der Waals surface area contributed by atoms with Crippen molar-refractivity contribution < 1.29 is 0 Å². The summed E-state index contributed by atoms with van der Waals surface area (Å²) in [4.78, 5) is 0. The van der Waals surface area contributed by atoms with Gasteiger partial charge in [-0.15, -0.1) is 10.2 Å². The molecule has 2 heterocycles. The van der Waals surface area contributed by atoms with Gasteiger partial charge in [0.15, 0.2) is 0 Å². The van der Waals surface area contributed by atoms with Gasteiger partial charge in [0, 0.05) is 35.0 Å². The molecule has 4 nitrogen and oxygen atoms in total. The maximum Gasteiger partial charge on any atom is 0.140 e. The van der Waals surface area contributed by atoms with Crippen molar-refractivity contribution in [2.24, 2.45) is 10.2 Å². The molecule has 4 rings (SSSR count). The van der Waals surface area contributed by atoms with Gasteiger partial charge >= 0.3 is 0 Å². The molecule has 0 atom stereocenters. The quantitative estimate of drug-likeness (QED) is 0.559. The summed E-state index contributed by atoms with van der Waals surface area (Å²) >= 11 is 2.95. The summed E-state index contributed by atoms with van der Waals surface area (Å²) in [5.74, 6) is 0. The Morgan fingerprint density at radius 3 is 1.59 bits per heavy atom. The van der Waals surface area contributed by atoms with Crippen LogP contribution in [-0.2, 0) is 0 Å². The van der Waals surface area contributed by atoms with E-state index in [2.05, 4.69) is 31.8 Å². The smallest absolute Gasteiger partial charge is 0.140 e. The largest absolute Gasteiger partial charge is 0.324 e. The average molecular weight is 324 g/mol. The topological polar surface area (TPSA) is 48.8 Å². The van der Waals surface area contributed by atoms with Gasteiger partial charge in [-0.3, -0.25) is 0 Å². The molecule has 0 saturated carbocycles. The number of azo groups is 1. The highest BCUT2D eigenvalue weighted by Crippen LogP contribution is 2.35. The van der Waals surface area contributed by atoms with Crippen LogP contribution in [0.4, 0.5) is 11.4 Å². The van der Waals surface area contributed by atoms with Crippen LogP contribution in [-0.4, -0.2) is 0 Å². The second kappa shape index (κ2) is 5.90. The lowest BCUT2D eigenvalue weighted by atomic mass is 10.2. The van der Waals surface area contributed by atoms with Crippen molar-refractivity contribution in [2.75, 3.05) is 9.44 Å². The van der Waals surface area contributed by atoms with Crippen LogP contribution in [0.1, 0.15) is 11.1 Å². The molecule has 0 fully saturated rings.